The molecular formula is C21H31N7O3S. The van der Waals surface area contributed by atoms with Crippen molar-refractivity contribution in [2.75, 3.05) is 65.3 Å². The van der Waals surface area contributed by atoms with E-state index in [1.54, 1.807) is 4.52 Å². The number of ether oxygens (including phenoxy) is 1. The molecule has 32 heavy (non-hydrogen) atoms. The van der Waals surface area contributed by atoms with E-state index in [4.69, 9.17) is 4.74 Å². The number of amides is 2. The molecule has 0 bridgehead atoms. The van der Waals surface area contributed by atoms with Crippen molar-refractivity contribution in [2.45, 2.75) is 31.8 Å². The van der Waals surface area contributed by atoms with Gasteiger partial charge in [-0.1, -0.05) is 11.8 Å². The fourth-order valence-electron chi connectivity index (χ4n) is 4.28. The molecule has 0 spiro atoms. The third-order valence-corrected chi connectivity index (χ3v) is 6.79. The molecule has 0 atom stereocenters. The van der Waals surface area contributed by atoms with Gasteiger partial charge < -0.3 is 14.5 Å². The molecule has 0 radical (unpaired) electrons. The number of aromatic nitrogens is 4. The molecule has 2 saturated heterocycles. The minimum Gasteiger partial charge on any atom is -0.379 e. The number of hydrogen-bond acceptors (Lipinski definition) is 8. The topological polar surface area (TPSA) is 96.2 Å². The van der Waals surface area contributed by atoms with E-state index in [0.29, 0.717) is 69.7 Å². The summed E-state index contributed by atoms with van der Waals surface area (Å²) in [7, 11) is 0. The fraction of sp³-hybridized carbons (Fsp3) is 0.667. The van der Waals surface area contributed by atoms with Gasteiger partial charge in [-0.05, 0) is 32.1 Å². The van der Waals surface area contributed by atoms with Crippen molar-refractivity contribution in [3.63, 3.8) is 0 Å². The van der Waals surface area contributed by atoms with Crippen LogP contribution in [-0.2, 0) is 20.7 Å². The van der Waals surface area contributed by atoms with E-state index in [-0.39, 0.29) is 11.8 Å². The van der Waals surface area contributed by atoms with E-state index in [0.717, 1.165) is 30.0 Å². The van der Waals surface area contributed by atoms with Gasteiger partial charge in [0.2, 0.25) is 17.0 Å². The molecule has 174 valence electrons. The summed E-state index contributed by atoms with van der Waals surface area (Å²) in [6, 6.07) is 0. The van der Waals surface area contributed by atoms with E-state index in [2.05, 4.69) is 20.0 Å². The monoisotopic (exact) mass is 461 g/mol. The number of nitrogens with zero attached hydrogens (tertiary/aromatic N) is 7. The third kappa shape index (κ3) is 5.05. The third-order valence-electron chi connectivity index (χ3n) is 6.25. The molecule has 0 unspecified atom stereocenters. The molecule has 10 nitrogen and oxygen atoms in total. The highest BCUT2D eigenvalue weighted by Crippen LogP contribution is 2.18. The zero-order chi connectivity index (χ0) is 22.7. The quantitative estimate of drug-likeness (QED) is 0.571. The van der Waals surface area contributed by atoms with Gasteiger partial charge in [-0.3, -0.25) is 14.5 Å². The van der Waals surface area contributed by atoms with Crippen molar-refractivity contribution < 1.29 is 14.3 Å². The first-order chi connectivity index (χ1) is 15.5. The van der Waals surface area contributed by atoms with Crippen LogP contribution in [0.15, 0.2) is 5.16 Å². The van der Waals surface area contributed by atoms with E-state index < -0.39 is 0 Å². The number of piperazine rings is 1. The molecule has 2 aliphatic heterocycles. The summed E-state index contributed by atoms with van der Waals surface area (Å²) in [6.45, 7) is 9.73. The molecular weight excluding hydrogens is 430 g/mol. The molecule has 2 aliphatic rings. The van der Waals surface area contributed by atoms with Crippen LogP contribution >= 0.6 is 11.8 Å². The highest BCUT2D eigenvalue weighted by atomic mass is 32.2. The Morgan fingerprint density at radius 2 is 1.62 bits per heavy atom. The van der Waals surface area contributed by atoms with Gasteiger partial charge in [-0.2, -0.15) is 4.98 Å². The predicted molar refractivity (Wildman–Crippen MR) is 121 cm³/mol. The number of carbonyl (C=O) groups excluding carboxylic acids is 2. The number of thioether (sulfide) groups is 1. The lowest BCUT2D eigenvalue weighted by Crippen LogP contribution is -2.53. The first-order valence-electron chi connectivity index (χ1n) is 11.1. The molecule has 2 fully saturated rings. The molecule has 2 aromatic rings. The van der Waals surface area contributed by atoms with Gasteiger partial charge in [0.25, 0.3) is 5.78 Å². The molecule has 11 heteroatoms. The average molecular weight is 462 g/mol. The van der Waals surface area contributed by atoms with E-state index >= 15 is 0 Å². The summed E-state index contributed by atoms with van der Waals surface area (Å²) in [5.41, 5.74) is 2.91. The van der Waals surface area contributed by atoms with Crippen LogP contribution in [0.1, 0.15) is 23.4 Å². The van der Waals surface area contributed by atoms with Crippen LogP contribution in [0.4, 0.5) is 0 Å². The van der Waals surface area contributed by atoms with E-state index in [1.807, 2.05) is 29.9 Å². The zero-order valence-electron chi connectivity index (χ0n) is 19.0. The summed E-state index contributed by atoms with van der Waals surface area (Å²) in [4.78, 5) is 40.3. The lowest BCUT2D eigenvalue weighted by molar-refractivity contribution is -0.140. The van der Waals surface area contributed by atoms with Crippen LogP contribution in [0.25, 0.3) is 5.78 Å². The Kier molecular flexibility index (Phi) is 7.27. The minimum atomic E-state index is 0.118. The van der Waals surface area contributed by atoms with E-state index in [9.17, 15) is 9.59 Å². The number of aryl methyl sites for hydroxylation is 2. The SMILES string of the molecule is CSc1nc2nc(C)c(CCC(=O)N3CCN(C(=O)CN4CCOCC4)CC3)c(C)n2n1. The summed E-state index contributed by atoms with van der Waals surface area (Å²) < 4.78 is 7.10. The molecule has 4 rings (SSSR count). The van der Waals surface area contributed by atoms with Crippen LogP contribution in [0.2, 0.25) is 0 Å². The molecule has 0 N–H and O–H groups in total. The standard InChI is InChI=1S/C21H31N7O3S/c1-15-17(16(2)28-20(22-15)23-21(24-28)32-3)4-5-18(29)26-6-8-27(9-7-26)19(30)14-25-10-12-31-13-11-25/h4-14H2,1-3H3. The molecule has 0 aromatic carbocycles. The first kappa shape index (κ1) is 22.9. The Morgan fingerprint density at radius 1 is 0.969 bits per heavy atom. The summed E-state index contributed by atoms with van der Waals surface area (Å²) in [6.07, 6.45) is 2.97. The number of rotatable bonds is 6. The molecule has 2 amide bonds. The number of morpholine rings is 1. The Bertz CT molecular complexity index is 981. The van der Waals surface area contributed by atoms with Crippen molar-refractivity contribution in [3.8, 4) is 0 Å². The summed E-state index contributed by atoms with van der Waals surface area (Å²) in [5, 5.41) is 5.17. The molecule has 4 heterocycles. The van der Waals surface area contributed by atoms with Crippen LogP contribution in [0.5, 0.6) is 0 Å². The molecule has 0 saturated carbocycles. The summed E-state index contributed by atoms with van der Waals surface area (Å²) in [5.74, 6) is 0.854. The van der Waals surface area contributed by atoms with Crippen molar-refractivity contribution in [3.05, 3.63) is 17.0 Å². The zero-order valence-corrected chi connectivity index (χ0v) is 19.9. The molecule has 0 aliphatic carbocycles. The number of fused-ring (bicyclic) bond motifs is 1. The maximum absolute atomic E-state index is 12.8. The van der Waals surface area contributed by atoms with Crippen LogP contribution < -0.4 is 0 Å². The van der Waals surface area contributed by atoms with Crippen LogP contribution in [-0.4, -0.2) is 111 Å². The Morgan fingerprint density at radius 3 is 2.28 bits per heavy atom. The lowest BCUT2D eigenvalue weighted by Gasteiger charge is -2.36. The second-order valence-electron chi connectivity index (χ2n) is 8.22. The number of hydrogen-bond donors (Lipinski definition) is 0. The highest BCUT2D eigenvalue weighted by Gasteiger charge is 2.26. The summed E-state index contributed by atoms with van der Waals surface area (Å²) >= 11 is 1.48. The smallest absolute Gasteiger partial charge is 0.253 e. The van der Waals surface area contributed by atoms with Gasteiger partial charge in [0.1, 0.15) is 0 Å². The minimum absolute atomic E-state index is 0.118. The Hall–Kier alpha value is -2.24. The van der Waals surface area contributed by atoms with Crippen LogP contribution in [0.3, 0.4) is 0 Å². The van der Waals surface area contributed by atoms with E-state index in [1.165, 1.54) is 11.8 Å². The maximum Gasteiger partial charge on any atom is 0.253 e. The Balaban J connectivity index is 1.29. The maximum atomic E-state index is 12.8. The van der Waals surface area contributed by atoms with Gasteiger partial charge in [-0.25, -0.2) is 9.50 Å². The Labute approximate surface area is 192 Å². The lowest BCUT2D eigenvalue weighted by atomic mass is 10.1. The second kappa shape index (κ2) is 10.1. The van der Waals surface area contributed by atoms with Gasteiger partial charge in [0, 0.05) is 57.1 Å². The van der Waals surface area contributed by atoms with Gasteiger partial charge in [0.05, 0.1) is 19.8 Å². The van der Waals surface area contributed by atoms with Crippen molar-refractivity contribution in [1.29, 1.82) is 0 Å². The largest absolute Gasteiger partial charge is 0.379 e. The highest BCUT2D eigenvalue weighted by molar-refractivity contribution is 7.98. The molecule has 2 aromatic heterocycles. The van der Waals surface area contributed by atoms with Gasteiger partial charge in [0.15, 0.2) is 0 Å². The van der Waals surface area contributed by atoms with Crippen molar-refractivity contribution >= 4 is 29.4 Å². The number of carbonyl (C=O) groups is 2. The normalized spacial score (nSPS) is 17.8. The first-order valence-corrected chi connectivity index (χ1v) is 12.3. The fourth-order valence-corrected chi connectivity index (χ4v) is 4.62. The van der Waals surface area contributed by atoms with Gasteiger partial charge in [-0.15, -0.1) is 5.10 Å². The van der Waals surface area contributed by atoms with Crippen molar-refractivity contribution in [1.82, 2.24) is 34.3 Å². The second-order valence-corrected chi connectivity index (χ2v) is 8.99. The van der Waals surface area contributed by atoms with Crippen molar-refractivity contribution in [2.24, 2.45) is 0 Å². The van der Waals surface area contributed by atoms with Gasteiger partial charge >= 0.3 is 0 Å². The predicted octanol–water partition coefficient (Wildman–Crippen LogP) is 0.399. The average Bonchev–Trinajstić information content (AvgIpc) is 3.23. The van der Waals surface area contributed by atoms with Crippen LogP contribution in [0, 0.1) is 13.8 Å².